The highest BCUT2D eigenvalue weighted by atomic mass is 16.5. The van der Waals surface area contributed by atoms with E-state index in [1.807, 2.05) is 37.3 Å². The predicted molar refractivity (Wildman–Crippen MR) is 98.2 cm³/mol. The molecule has 0 saturated heterocycles. The van der Waals surface area contributed by atoms with Gasteiger partial charge < -0.3 is 14.4 Å². The summed E-state index contributed by atoms with van der Waals surface area (Å²) in [5.74, 6) is 2.69. The average Bonchev–Trinajstić information content (AvgIpc) is 2.94. The third kappa shape index (κ3) is 3.19. The first-order valence-electron chi connectivity index (χ1n) is 8.17. The number of aryl methyl sites for hydroxylation is 1. The van der Waals surface area contributed by atoms with Crippen molar-refractivity contribution >= 4 is 11.0 Å². The quantitative estimate of drug-likeness (QED) is 0.579. The molecule has 25 heavy (non-hydrogen) atoms. The molecule has 0 aliphatic heterocycles. The second kappa shape index (κ2) is 6.32. The number of phenols is 1. The number of phenolic OH excluding ortho intramolecular Hbond substituents is 1. The lowest BCUT2D eigenvalue weighted by molar-refractivity contribution is 0.464. The number of aromatic nitrogens is 2. The van der Waals surface area contributed by atoms with Crippen molar-refractivity contribution in [2.45, 2.75) is 13.5 Å². The predicted octanol–water partition coefficient (Wildman–Crippen LogP) is 4.89. The molecule has 0 aliphatic rings. The zero-order valence-electron chi connectivity index (χ0n) is 13.9. The van der Waals surface area contributed by atoms with Gasteiger partial charge in [0, 0.05) is 6.54 Å². The number of hydrogen-bond donors (Lipinski definition) is 1. The summed E-state index contributed by atoms with van der Waals surface area (Å²) in [7, 11) is 0. The van der Waals surface area contributed by atoms with Gasteiger partial charge in [-0.3, -0.25) is 0 Å². The van der Waals surface area contributed by atoms with E-state index in [-0.39, 0.29) is 5.75 Å². The van der Waals surface area contributed by atoms with Crippen LogP contribution < -0.4 is 4.74 Å². The lowest BCUT2D eigenvalue weighted by atomic mass is 10.2. The molecule has 1 aromatic heterocycles. The van der Waals surface area contributed by atoms with Crippen LogP contribution in [0.25, 0.3) is 11.0 Å². The number of nitrogens with zero attached hydrogens (tertiary/aromatic N) is 2. The van der Waals surface area contributed by atoms with E-state index in [1.165, 1.54) is 5.56 Å². The molecule has 4 nitrogen and oxygen atoms in total. The second-order valence-corrected chi connectivity index (χ2v) is 5.97. The van der Waals surface area contributed by atoms with Crippen molar-refractivity contribution in [1.29, 1.82) is 0 Å². The molecule has 0 fully saturated rings. The minimum Gasteiger partial charge on any atom is -0.508 e. The molecular weight excluding hydrogens is 312 g/mol. The van der Waals surface area contributed by atoms with Gasteiger partial charge in [-0.25, -0.2) is 4.98 Å². The van der Waals surface area contributed by atoms with Crippen LogP contribution in [0, 0.1) is 6.92 Å². The van der Waals surface area contributed by atoms with Gasteiger partial charge >= 0.3 is 0 Å². The summed E-state index contributed by atoms with van der Waals surface area (Å²) in [6, 6.07) is 22.9. The lowest BCUT2D eigenvalue weighted by Gasteiger charge is -2.09. The van der Waals surface area contributed by atoms with E-state index in [4.69, 9.17) is 4.74 Å². The van der Waals surface area contributed by atoms with E-state index in [0.717, 1.165) is 29.2 Å². The highest BCUT2D eigenvalue weighted by Crippen LogP contribution is 2.24. The lowest BCUT2D eigenvalue weighted by Crippen LogP contribution is -2.01. The number of benzene rings is 3. The number of aromatic hydroxyl groups is 1. The van der Waals surface area contributed by atoms with E-state index in [2.05, 4.69) is 27.8 Å². The van der Waals surface area contributed by atoms with Gasteiger partial charge in [0.2, 0.25) is 0 Å². The molecule has 1 N–H and O–H groups in total. The molecule has 0 saturated carbocycles. The molecule has 0 spiro atoms. The van der Waals surface area contributed by atoms with Crippen molar-refractivity contribution in [3.8, 4) is 17.2 Å². The van der Waals surface area contributed by atoms with E-state index in [1.54, 1.807) is 24.3 Å². The van der Waals surface area contributed by atoms with Crippen LogP contribution in [0.4, 0.5) is 0 Å². The molecule has 4 rings (SSSR count). The van der Waals surface area contributed by atoms with Crippen LogP contribution in [0.1, 0.15) is 11.4 Å². The SMILES string of the molecule is Cc1nc2ccccc2n1Cc1ccc(Oc2ccc(O)cc2)cc1. The third-order valence-electron chi connectivity index (χ3n) is 4.18. The summed E-state index contributed by atoms with van der Waals surface area (Å²) < 4.78 is 8.00. The molecule has 3 aromatic carbocycles. The van der Waals surface area contributed by atoms with Crippen LogP contribution in [0.3, 0.4) is 0 Å². The zero-order valence-corrected chi connectivity index (χ0v) is 13.9. The summed E-state index contributed by atoms with van der Waals surface area (Å²) in [5, 5.41) is 9.32. The van der Waals surface area contributed by atoms with E-state index in [0.29, 0.717) is 5.75 Å². The fraction of sp³-hybridized carbons (Fsp3) is 0.0952. The van der Waals surface area contributed by atoms with Gasteiger partial charge in [-0.1, -0.05) is 24.3 Å². The first-order valence-corrected chi connectivity index (χ1v) is 8.17. The Morgan fingerprint density at radius 3 is 2.24 bits per heavy atom. The molecule has 124 valence electrons. The number of hydrogen-bond acceptors (Lipinski definition) is 3. The molecule has 0 radical (unpaired) electrons. The normalized spacial score (nSPS) is 10.9. The van der Waals surface area contributed by atoms with Crippen LogP contribution in [-0.2, 0) is 6.54 Å². The van der Waals surface area contributed by atoms with Crippen LogP contribution in [0.15, 0.2) is 72.8 Å². The van der Waals surface area contributed by atoms with Crippen molar-refractivity contribution in [2.75, 3.05) is 0 Å². The van der Waals surface area contributed by atoms with E-state index >= 15 is 0 Å². The smallest absolute Gasteiger partial charge is 0.127 e. The largest absolute Gasteiger partial charge is 0.508 e. The molecular formula is C21H18N2O2. The number of ether oxygens (including phenoxy) is 1. The van der Waals surface area contributed by atoms with Gasteiger partial charge in [0.1, 0.15) is 23.1 Å². The van der Waals surface area contributed by atoms with Gasteiger partial charge in [-0.2, -0.15) is 0 Å². The van der Waals surface area contributed by atoms with E-state index in [9.17, 15) is 5.11 Å². The number of fused-ring (bicyclic) bond motifs is 1. The summed E-state index contributed by atoms with van der Waals surface area (Å²) >= 11 is 0. The molecule has 0 unspecified atom stereocenters. The minimum atomic E-state index is 0.227. The minimum absolute atomic E-state index is 0.227. The number of rotatable bonds is 4. The summed E-state index contributed by atoms with van der Waals surface area (Å²) in [4.78, 5) is 4.61. The zero-order chi connectivity index (χ0) is 17.2. The summed E-state index contributed by atoms with van der Waals surface area (Å²) in [6.07, 6.45) is 0. The molecule has 0 bridgehead atoms. The van der Waals surface area contributed by atoms with Crippen molar-refractivity contribution in [3.63, 3.8) is 0 Å². The Hall–Kier alpha value is -3.27. The Balaban J connectivity index is 1.54. The Labute approximate surface area is 146 Å². The van der Waals surface area contributed by atoms with Crippen LogP contribution in [-0.4, -0.2) is 14.7 Å². The first-order chi connectivity index (χ1) is 12.2. The molecule has 1 heterocycles. The topological polar surface area (TPSA) is 47.3 Å². The molecule has 0 aliphatic carbocycles. The Morgan fingerprint density at radius 2 is 1.52 bits per heavy atom. The third-order valence-corrected chi connectivity index (χ3v) is 4.18. The number of para-hydroxylation sites is 2. The fourth-order valence-electron chi connectivity index (χ4n) is 2.89. The van der Waals surface area contributed by atoms with Crippen molar-refractivity contribution in [3.05, 3.63) is 84.2 Å². The van der Waals surface area contributed by atoms with Gasteiger partial charge in [0.15, 0.2) is 0 Å². The fourth-order valence-corrected chi connectivity index (χ4v) is 2.89. The van der Waals surface area contributed by atoms with Crippen molar-refractivity contribution < 1.29 is 9.84 Å². The average molecular weight is 330 g/mol. The standard InChI is InChI=1S/C21H18N2O2/c1-15-22-20-4-2-3-5-21(20)23(15)14-16-6-10-18(11-7-16)25-19-12-8-17(24)9-13-19/h2-13,24H,14H2,1H3. The summed E-state index contributed by atoms with van der Waals surface area (Å²) in [5.41, 5.74) is 3.35. The second-order valence-electron chi connectivity index (χ2n) is 5.97. The number of imidazole rings is 1. The van der Waals surface area contributed by atoms with Crippen molar-refractivity contribution in [1.82, 2.24) is 9.55 Å². The van der Waals surface area contributed by atoms with Gasteiger partial charge in [-0.05, 0) is 61.0 Å². The van der Waals surface area contributed by atoms with Gasteiger partial charge in [0.05, 0.1) is 11.0 Å². The Bertz CT molecular complexity index is 1000. The molecule has 4 aromatic rings. The molecule has 4 heteroatoms. The van der Waals surface area contributed by atoms with Crippen molar-refractivity contribution in [2.24, 2.45) is 0 Å². The maximum atomic E-state index is 9.32. The highest BCUT2D eigenvalue weighted by molar-refractivity contribution is 5.75. The Kier molecular flexibility index (Phi) is 3.86. The van der Waals surface area contributed by atoms with Gasteiger partial charge in [-0.15, -0.1) is 0 Å². The summed E-state index contributed by atoms with van der Waals surface area (Å²) in [6.45, 7) is 2.80. The van der Waals surface area contributed by atoms with Crippen LogP contribution in [0.2, 0.25) is 0 Å². The highest BCUT2D eigenvalue weighted by Gasteiger charge is 2.07. The maximum Gasteiger partial charge on any atom is 0.127 e. The first kappa shape index (κ1) is 15.3. The van der Waals surface area contributed by atoms with Gasteiger partial charge in [0.25, 0.3) is 0 Å². The monoisotopic (exact) mass is 330 g/mol. The van der Waals surface area contributed by atoms with Crippen LogP contribution >= 0.6 is 0 Å². The maximum absolute atomic E-state index is 9.32. The van der Waals surface area contributed by atoms with Crippen LogP contribution in [0.5, 0.6) is 17.2 Å². The Morgan fingerprint density at radius 1 is 0.880 bits per heavy atom. The molecule has 0 amide bonds. The van der Waals surface area contributed by atoms with E-state index < -0.39 is 0 Å². The molecule has 0 atom stereocenters.